The first kappa shape index (κ1) is 21.6. The number of rotatable bonds is 5. The molecule has 12 heteroatoms. The number of Topliss-reactive ketones (excluding diaryl/α,β-unsaturated/α-hetero) is 1. The predicted octanol–water partition coefficient (Wildman–Crippen LogP) is 2.00. The molecule has 0 saturated carbocycles. The summed E-state index contributed by atoms with van der Waals surface area (Å²) in [6.45, 7) is 1.75. The summed E-state index contributed by atoms with van der Waals surface area (Å²) in [5, 5.41) is 12.0. The lowest BCUT2D eigenvalue weighted by molar-refractivity contribution is -0.126. The molecule has 0 unspecified atom stereocenters. The number of pyridine rings is 1. The highest BCUT2D eigenvalue weighted by Gasteiger charge is 2.30. The number of benzene rings is 1. The molecular formula is C24H20FN9O2. The van der Waals surface area contributed by atoms with Crippen LogP contribution in [0.4, 0.5) is 10.2 Å². The van der Waals surface area contributed by atoms with Gasteiger partial charge >= 0.3 is 0 Å². The van der Waals surface area contributed by atoms with Crippen molar-refractivity contribution in [1.82, 2.24) is 39.6 Å². The highest BCUT2D eigenvalue weighted by Crippen LogP contribution is 2.26. The Labute approximate surface area is 203 Å². The van der Waals surface area contributed by atoms with E-state index >= 15 is 0 Å². The molecule has 1 saturated heterocycles. The van der Waals surface area contributed by atoms with Crippen molar-refractivity contribution < 1.29 is 14.0 Å². The summed E-state index contributed by atoms with van der Waals surface area (Å²) in [5.74, 6) is -0.972. The number of nitrogens with zero attached hydrogens (tertiary/aromatic N) is 8. The molecule has 180 valence electrons. The molecule has 0 atom stereocenters. The summed E-state index contributed by atoms with van der Waals surface area (Å²) in [6, 6.07) is 11.7. The van der Waals surface area contributed by atoms with Gasteiger partial charge in [-0.3, -0.25) is 9.59 Å². The van der Waals surface area contributed by atoms with Gasteiger partial charge in [-0.1, -0.05) is 23.4 Å². The lowest BCUT2D eigenvalue weighted by Gasteiger charge is -2.35. The van der Waals surface area contributed by atoms with Gasteiger partial charge in [-0.25, -0.2) is 18.7 Å². The number of hydrogen-bond donors (Lipinski definition) is 1. The number of piperazine rings is 1. The number of fused-ring (bicyclic) bond motifs is 1. The van der Waals surface area contributed by atoms with Crippen LogP contribution in [0.1, 0.15) is 10.4 Å². The van der Waals surface area contributed by atoms with Gasteiger partial charge in [0.15, 0.2) is 11.6 Å². The van der Waals surface area contributed by atoms with Crippen LogP contribution in [0.3, 0.4) is 0 Å². The number of halogens is 1. The number of aromatic amines is 1. The van der Waals surface area contributed by atoms with Gasteiger partial charge in [0.1, 0.15) is 5.82 Å². The van der Waals surface area contributed by atoms with Crippen LogP contribution in [0.2, 0.25) is 0 Å². The molecule has 4 aromatic heterocycles. The number of ketones is 1. The van der Waals surface area contributed by atoms with Gasteiger partial charge in [0.2, 0.25) is 0 Å². The molecule has 5 heterocycles. The molecule has 1 aliphatic rings. The third kappa shape index (κ3) is 3.59. The second kappa shape index (κ2) is 8.73. The minimum absolute atomic E-state index is 0.000696. The van der Waals surface area contributed by atoms with Crippen molar-refractivity contribution in [1.29, 1.82) is 0 Å². The Hall–Kier alpha value is -4.87. The average Bonchev–Trinajstić information content (AvgIpc) is 3.70. The molecule has 1 aromatic carbocycles. The quantitative estimate of drug-likeness (QED) is 0.299. The van der Waals surface area contributed by atoms with Gasteiger partial charge in [0.25, 0.3) is 11.7 Å². The maximum Gasteiger partial charge on any atom is 0.295 e. The molecule has 1 N–H and O–H groups in total. The smallest absolute Gasteiger partial charge is 0.295 e. The van der Waals surface area contributed by atoms with Crippen molar-refractivity contribution in [3.63, 3.8) is 0 Å². The number of aromatic nitrogens is 7. The SMILES string of the molecule is O=C(C(=O)N1CCN(c2ccnn2-c2ccccc2)CC1)c1c[nH]c2c(-n3ccnn3)ncc(F)c12. The largest absolute Gasteiger partial charge is 0.357 e. The predicted molar refractivity (Wildman–Crippen MR) is 128 cm³/mol. The molecule has 0 aliphatic carbocycles. The van der Waals surface area contributed by atoms with E-state index in [2.05, 4.69) is 30.3 Å². The maximum atomic E-state index is 14.7. The number of H-pyrrole nitrogens is 1. The lowest BCUT2D eigenvalue weighted by atomic mass is 10.1. The summed E-state index contributed by atoms with van der Waals surface area (Å²) in [7, 11) is 0. The molecule has 0 radical (unpaired) electrons. The molecule has 0 bridgehead atoms. The molecule has 6 rings (SSSR count). The van der Waals surface area contributed by atoms with Gasteiger partial charge in [0.05, 0.1) is 46.9 Å². The van der Waals surface area contributed by atoms with Crippen LogP contribution < -0.4 is 4.90 Å². The summed E-state index contributed by atoms with van der Waals surface area (Å²) in [5.41, 5.74) is 1.16. The second-order valence-electron chi connectivity index (χ2n) is 8.27. The normalized spacial score (nSPS) is 13.9. The number of carbonyl (C=O) groups is 2. The Balaban J connectivity index is 1.21. The van der Waals surface area contributed by atoms with E-state index in [0.29, 0.717) is 26.2 Å². The third-order valence-corrected chi connectivity index (χ3v) is 6.24. The minimum atomic E-state index is -0.779. The fraction of sp³-hybridized carbons (Fsp3) is 0.167. The Morgan fingerprint density at radius 3 is 2.56 bits per heavy atom. The van der Waals surface area contributed by atoms with Crippen molar-refractivity contribution in [2.45, 2.75) is 0 Å². The molecular weight excluding hydrogens is 465 g/mol. The number of hydrogen-bond acceptors (Lipinski definition) is 7. The van der Waals surface area contributed by atoms with Crippen molar-refractivity contribution in [2.24, 2.45) is 0 Å². The topological polar surface area (TPSA) is 118 Å². The monoisotopic (exact) mass is 485 g/mol. The van der Waals surface area contributed by atoms with Crippen molar-refractivity contribution in [3.8, 4) is 11.5 Å². The highest BCUT2D eigenvalue weighted by atomic mass is 19.1. The summed E-state index contributed by atoms with van der Waals surface area (Å²) in [6.07, 6.45) is 7.09. The van der Waals surface area contributed by atoms with Gasteiger partial charge in [-0.05, 0) is 12.1 Å². The van der Waals surface area contributed by atoms with Crippen LogP contribution in [0.5, 0.6) is 0 Å². The van der Waals surface area contributed by atoms with Crippen molar-refractivity contribution >= 4 is 28.4 Å². The Bertz CT molecular complexity index is 1550. The van der Waals surface area contributed by atoms with E-state index < -0.39 is 17.5 Å². The van der Waals surface area contributed by atoms with E-state index in [0.717, 1.165) is 17.7 Å². The molecule has 1 amide bonds. The molecule has 5 aromatic rings. The number of carbonyl (C=O) groups excluding carboxylic acids is 2. The molecule has 11 nitrogen and oxygen atoms in total. The lowest BCUT2D eigenvalue weighted by Crippen LogP contribution is -2.51. The average molecular weight is 485 g/mol. The Kier molecular flexibility index (Phi) is 5.25. The molecule has 36 heavy (non-hydrogen) atoms. The third-order valence-electron chi connectivity index (χ3n) is 6.24. The van der Waals surface area contributed by atoms with Gasteiger partial charge < -0.3 is 14.8 Å². The molecule has 1 aliphatic heterocycles. The van der Waals surface area contributed by atoms with E-state index in [1.807, 2.05) is 41.1 Å². The number of nitrogens with one attached hydrogen (secondary N) is 1. The van der Waals surface area contributed by atoms with Crippen LogP contribution in [0.15, 0.2) is 67.4 Å². The summed E-state index contributed by atoms with van der Waals surface area (Å²) in [4.78, 5) is 36.8. The van der Waals surface area contributed by atoms with Gasteiger partial charge in [-0.15, -0.1) is 5.10 Å². The second-order valence-corrected chi connectivity index (χ2v) is 8.27. The fourth-order valence-electron chi connectivity index (χ4n) is 4.47. The van der Waals surface area contributed by atoms with Crippen LogP contribution in [-0.4, -0.2) is 77.5 Å². The van der Waals surface area contributed by atoms with Crippen molar-refractivity contribution in [3.05, 3.63) is 78.8 Å². The zero-order valence-corrected chi connectivity index (χ0v) is 19.0. The standard InChI is InChI=1S/C24H20FN9O2/c25-18-15-27-23(33-9-8-28-30-33)21-20(18)17(14-26-21)22(35)24(36)32-12-10-31(11-13-32)19-6-7-29-34(19)16-4-2-1-3-5-16/h1-9,14-15,26H,10-13H2. The maximum absolute atomic E-state index is 14.7. The van der Waals surface area contributed by atoms with E-state index in [4.69, 9.17) is 0 Å². The Morgan fingerprint density at radius 1 is 1.00 bits per heavy atom. The number of para-hydroxylation sites is 1. The van der Waals surface area contributed by atoms with Crippen LogP contribution in [-0.2, 0) is 4.79 Å². The fourth-order valence-corrected chi connectivity index (χ4v) is 4.47. The minimum Gasteiger partial charge on any atom is -0.357 e. The molecule has 0 spiro atoms. The summed E-state index contributed by atoms with van der Waals surface area (Å²) >= 11 is 0. The van der Waals surface area contributed by atoms with Gasteiger partial charge in [0, 0.05) is 38.4 Å². The molecule has 1 fully saturated rings. The highest BCUT2D eigenvalue weighted by molar-refractivity contribution is 6.45. The first-order chi connectivity index (χ1) is 17.6. The first-order valence-electron chi connectivity index (χ1n) is 11.3. The van der Waals surface area contributed by atoms with Crippen LogP contribution >= 0.6 is 0 Å². The zero-order valence-electron chi connectivity index (χ0n) is 19.0. The Morgan fingerprint density at radius 2 is 1.81 bits per heavy atom. The zero-order chi connectivity index (χ0) is 24.6. The summed E-state index contributed by atoms with van der Waals surface area (Å²) < 4.78 is 17.9. The number of anilines is 1. The van der Waals surface area contributed by atoms with Crippen LogP contribution in [0, 0.1) is 5.82 Å². The first-order valence-corrected chi connectivity index (χ1v) is 11.3. The van der Waals surface area contributed by atoms with E-state index in [1.165, 1.54) is 22.0 Å². The van der Waals surface area contributed by atoms with E-state index in [1.54, 1.807) is 12.4 Å². The van der Waals surface area contributed by atoms with Crippen molar-refractivity contribution in [2.75, 3.05) is 31.1 Å². The van der Waals surface area contributed by atoms with Crippen LogP contribution in [0.25, 0.3) is 22.4 Å². The van der Waals surface area contributed by atoms with Gasteiger partial charge in [-0.2, -0.15) is 5.10 Å². The van der Waals surface area contributed by atoms with E-state index in [-0.39, 0.29) is 22.3 Å². The van der Waals surface area contributed by atoms with E-state index in [9.17, 15) is 14.0 Å². The number of amides is 1.